The zero-order chi connectivity index (χ0) is 13.7. The molecule has 2 aromatic rings. The zero-order valence-electron chi connectivity index (χ0n) is 11.5. The first kappa shape index (κ1) is 13.3. The summed E-state index contributed by atoms with van der Waals surface area (Å²) < 4.78 is 0. The van der Waals surface area contributed by atoms with E-state index in [1.165, 1.54) is 5.56 Å². The summed E-state index contributed by atoms with van der Waals surface area (Å²) >= 11 is 0. The van der Waals surface area contributed by atoms with Gasteiger partial charge in [0.25, 0.3) is 0 Å². The fourth-order valence-electron chi connectivity index (χ4n) is 2.18. The molecule has 0 spiro atoms. The van der Waals surface area contributed by atoms with Gasteiger partial charge in [0, 0.05) is 12.2 Å². The molecule has 0 saturated carbocycles. The first-order chi connectivity index (χ1) is 9.22. The molecule has 0 aromatic heterocycles. The highest BCUT2D eigenvalue weighted by Crippen LogP contribution is 2.16. The minimum atomic E-state index is 0.142. The topological polar surface area (TPSA) is 20.3 Å². The summed E-state index contributed by atoms with van der Waals surface area (Å²) in [6, 6.07) is 17.9. The van der Waals surface area contributed by atoms with E-state index in [1.54, 1.807) is 0 Å². The highest BCUT2D eigenvalue weighted by molar-refractivity contribution is 5.94. The van der Waals surface area contributed by atoms with Crippen LogP contribution in [-0.2, 0) is 11.2 Å². The lowest BCUT2D eigenvalue weighted by Crippen LogP contribution is -2.32. The molecular weight excluding hydrogens is 234 g/mol. The average molecular weight is 253 g/mol. The van der Waals surface area contributed by atoms with Crippen molar-refractivity contribution < 1.29 is 4.79 Å². The van der Waals surface area contributed by atoms with Gasteiger partial charge < -0.3 is 4.90 Å². The number of likely N-dealkylation sites (N-methyl/N-ethyl adjacent to an activating group) is 1. The lowest BCUT2D eigenvalue weighted by atomic mass is 10.1. The molecule has 0 fully saturated rings. The Kier molecular flexibility index (Phi) is 4.35. The SMILES string of the molecule is CCN(C(=O)Cc1ccccc1C)c1ccccc1. The summed E-state index contributed by atoms with van der Waals surface area (Å²) in [6.07, 6.45) is 0.454. The van der Waals surface area contributed by atoms with Gasteiger partial charge in [0.1, 0.15) is 0 Å². The Morgan fingerprint density at radius 2 is 1.63 bits per heavy atom. The van der Waals surface area contributed by atoms with E-state index >= 15 is 0 Å². The predicted octanol–water partition coefficient (Wildman–Crippen LogP) is 3.59. The Morgan fingerprint density at radius 1 is 1.00 bits per heavy atom. The van der Waals surface area contributed by atoms with Gasteiger partial charge in [0.15, 0.2) is 0 Å². The van der Waals surface area contributed by atoms with Crippen LogP contribution in [0.3, 0.4) is 0 Å². The van der Waals surface area contributed by atoms with Crippen LogP contribution < -0.4 is 4.90 Å². The molecule has 2 heteroatoms. The van der Waals surface area contributed by atoms with Crippen LogP contribution >= 0.6 is 0 Å². The Bertz CT molecular complexity index is 548. The third kappa shape index (κ3) is 3.22. The largest absolute Gasteiger partial charge is 0.312 e. The first-order valence-corrected chi connectivity index (χ1v) is 6.62. The maximum atomic E-state index is 12.4. The van der Waals surface area contributed by atoms with Crippen LogP contribution in [0.25, 0.3) is 0 Å². The molecule has 0 aliphatic heterocycles. The van der Waals surface area contributed by atoms with E-state index in [0.29, 0.717) is 13.0 Å². The number of para-hydroxylation sites is 1. The van der Waals surface area contributed by atoms with Crippen LogP contribution in [0.15, 0.2) is 54.6 Å². The maximum absolute atomic E-state index is 12.4. The lowest BCUT2D eigenvalue weighted by Gasteiger charge is -2.21. The summed E-state index contributed by atoms with van der Waals surface area (Å²) in [7, 11) is 0. The van der Waals surface area contributed by atoms with Gasteiger partial charge in [-0.2, -0.15) is 0 Å². The number of hydrogen-bond acceptors (Lipinski definition) is 1. The highest BCUT2D eigenvalue weighted by atomic mass is 16.2. The van der Waals surface area contributed by atoms with Gasteiger partial charge in [-0.3, -0.25) is 4.79 Å². The Morgan fingerprint density at radius 3 is 2.26 bits per heavy atom. The molecule has 1 amide bonds. The summed E-state index contributed by atoms with van der Waals surface area (Å²) in [5, 5.41) is 0. The van der Waals surface area contributed by atoms with Crippen molar-refractivity contribution in [2.24, 2.45) is 0 Å². The standard InChI is InChI=1S/C17H19NO/c1-3-18(16-11-5-4-6-12-16)17(19)13-15-10-8-7-9-14(15)2/h4-12H,3,13H2,1-2H3. The highest BCUT2D eigenvalue weighted by Gasteiger charge is 2.14. The number of carbonyl (C=O) groups excluding carboxylic acids is 1. The second kappa shape index (κ2) is 6.19. The molecule has 0 N–H and O–H groups in total. The molecular formula is C17H19NO. The summed E-state index contributed by atoms with van der Waals surface area (Å²) in [4.78, 5) is 14.2. The summed E-state index contributed by atoms with van der Waals surface area (Å²) in [6.45, 7) is 4.74. The van der Waals surface area contributed by atoms with Crippen LogP contribution in [0.1, 0.15) is 18.1 Å². The van der Waals surface area contributed by atoms with Crippen molar-refractivity contribution in [2.45, 2.75) is 20.3 Å². The summed E-state index contributed by atoms with van der Waals surface area (Å²) in [5.74, 6) is 0.142. The van der Waals surface area contributed by atoms with E-state index in [1.807, 2.05) is 73.3 Å². The molecule has 0 bridgehead atoms. The van der Waals surface area contributed by atoms with E-state index < -0.39 is 0 Å². The Hall–Kier alpha value is -2.09. The minimum Gasteiger partial charge on any atom is -0.312 e. The lowest BCUT2D eigenvalue weighted by molar-refractivity contribution is -0.117. The number of hydrogen-bond donors (Lipinski definition) is 0. The molecule has 0 aliphatic rings. The number of anilines is 1. The molecule has 19 heavy (non-hydrogen) atoms. The average Bonchev–Trinajstić information content (AvgIpc) is 2.43. The predicted molar refractivity (Wildman–Crippen MR) is 79.4 cm³/mol. The number of aryl methyl sites for hydroxylation is 1. The first-order valence-electron chi connectivity index (χ1n) is 6.62. The van der Waals surface area contributed by atoms with Gasteiger partial charge in [0.05, 0.1) is 6.42 Å². The second-order valence-electron chi connectivity index (χ2n) is 4.58. The fourth-order valence-corrected chi connectivity index (χ4v) is 2.18. The van der Waals surface area contributed by atoms with Gasteiger partial charge >= 0.3 is 0 Å². The molecule has 0 aliphatic carbocycles. The minimum absolute atomic E-state index is 0.142. The monoisotopic (exact) mass is 253 g/mol. The van der Waals surface area contributed by atoms with E-state index in [0.717, 1.165) is 11.3 Å². The van der Waals surface area contributed by atoms with Crippen LogP contribution in [-0.4, -0.2) is 12.5 Å². The molecule has 2 rings (SSSR count). The van der Waals surface area contributed by atoms with Gasteiger partial charge in [0.2, 0.25) is 5.91 Å². The molecule has 2 aromatic carbocycles. The van der Waals surface area contributed by atoms with Crippen molar-refractivity contribution in [3.8, 4) is 0 Å². The van der Waals surface area contributed by atoms with Gasteiger partial charge in [-0.25, -0.2) is 0 Å². The van der Waals surface area contributed by atoms with Crippen molar-refractivity contribution in [3.63, 3.8) is 0 Å². The van der Waals surface area contributed by atoms with Crippen LogP contribution in [0, 0.1) is 6.92 Å². The third-order valence-corrected chi connectivity index (χ3v) is 3.29. The van der Waals surface area contributed by atoms with Crippen molar-refractivity contribution in [1.82, 2.24) is 0 Å². The van der Waals surface area contributed by atoms with Crippen molar-refractivity contribution in [2.75, 3.05) is 11.4 Å². The molecule has 2 nitrogen and oxygen atoms in total. The number of benzene rings is 2. The second-order valence-corrected chi connectivity index (χ2v) is 4.58. The van der Waals surface area contributed by atoms with E-state index in [4.69, 9.17) is 0 Å². The number of nitrogens with zero attached hydrogens (tertiary/aromatic N) is 1. The smallest absolute Gasteiger partial charge is 0.231 e. The van der Waals surface area contributed by atoms with Gasteiger partial charge in [-0.15, -0.1) is 0 Å². The quantitative estimate of drug-likeness (QED) is 0.815. The van der Waals surface area contributed by atoms with E-state index in [9.17, 15) is 4.79 Å². The van der Waals surface area contributed by atoms with Crippen molar-refractivity contribution >= 4 is 11.6 Å². The van der Waals surface area contributed by atoms with Crippen molar-refractivity contribution in [3.05, 3.63) is 65.7 Å². The molecule has 0 saturated heterocycles. The van der Waals surface area contributed by atoms with Crippen LogP contribution in [0.5, 0.6) is 0 Å². The van der Waals surface area contributed by atoms with Crippen LogP contribution in [0.2, 0.25) is 0 Å². The van der Waals surface area contributed by atoms with Gasteiger partial charge in [-0.05, 0) is 37.1 Å². The fraction of sp³-hybridized carbons (Fsp3) is 0.235. The maximum Gasteiger partial charge on any atom is 0.231 e. The molecule has 0 atom stereocenters. The number of carbonyl (C=O) groups is 1. The molecule has 0 unspecified atom stereocenters. The zero-order valence-corrected chi connectivity index (χ0v) is 11.5. The van der Waals surface area contributed by atoms with E-state index in [2.05, 4.69) is 0 Å². The number of amides is 1. The normalized spacial score (nSPS) is 10.2. The molecule has 0 radical (unpaired) electrons. The number of rotatable bonds is 4. The summed E-state index contributed by atoms with van der Waals surface area (Å²) in [5.41, 5.74) is 3.23. The van der Waals surface area contributed by atoms with E-state index in [-0.39, 0.29) is 5.91 Å². The Balaban J connectivity index is 2.17. The van der Waals surface area contributed by atoms with Crippen LogP contribution in [0.4, 0.5) is 5.69 Å². The van der Waals surface area contributed by atoms with Gasteiger partial charge in [-0.1, -0.05) is 42.5 Å². The molecule has 0 heterocycles. The molecule has 98 valence electrons. The third-order valence-electron chi connectivity index (χ3n) is 3.29. The Labute approximate surface area is 114 Å². The van der Waals surface area contributed by atoms with Crippen molar-refractivity contribution in [1.29, 1.82) is 0 Å².